The molecule has 0 bridgehead atoms. The second-order valence-corrected chi connectivity index (χ2v) is 5.27. The summed E-state index contributed by atoms with van der Waals surface area (Å²) in [5.41, 5.74) is 1.27. The summed E-state index contributed by atoms with van der Waals surface area (Å²) in [4.78, 5) is 6.47. The van der Waals surface area contributed by atoms with Crippen molar-refractivity contribution in [1.29, 1.82) is 0 Å². The van der Waals surface area contributed by atoms with Crippen LogP contribution in [0.1, 0.15) is 32.6 Å². The zero-order valence-corrected chi connectivity index (χ0v) is 11.8. The quantitative estimate of drug-likeness (QED) is 0.821. The molecule has 1 aromatic heterocycles. The van der Waals surface area contributed by atoms with Gasteiger partial charge in [-0.2, -0.15) is 0 Å². The van der Waals surface area contributed by atoms with Crippen LogP contribution < -0.4 is 10.2 Å². The summed E-state index contributed by atoms with van der Waals surface area (Å²) in [6.45, 7) is 5.14. The van der Waals surface area contributed by atoms with E-state index in [1.165, 1.54) is 18.5 Å². The van der Waals surface area contributed by atoms with Gasteiger partial charge in [0.05, 0.1) is 6.10 Å². The van der Waals surface area contributed by atoms with Gasteiger partial charge in [0.2, 0.25) is 0 Å². The highest BCUT2D eigenvalue weighted by Gasteiger charge is 2.18. The SMILES string of the molecule is CCC(O)CCNC1CCN(c2ccncc2)CC1. The lowest BCUT2D eigenvalue weighted by molar-refractivity contribution is 0.158. The van der Waals surface area contributed by atoms with E-state index in [0.29, 0.717) is 6.04 Å². The van der Waals surface area contributed by atoms with Crippen molar-refractivity contribution in [3.8, 4) is 0 Å². The summed E-state index contributed by atoms with van der Waals surface area (Å²) in [7, 11) is 0. The van der Waals surface area contributed by atoms with E-state index in [9.17, 15) is 5.11 Å². The van der Waals surface area contributed by atoms with Crippen LogP contribution in [0.25, 0.3) is 0 Å². The Hall–Kier alpha value is -1.13. The van der Waals surface area contributed by atoms with Gasteiger partial charge in [-0.3, -0.25) is 4.98 Å². The maximum Gasteiger partial charge on any atom is 0.0549 e. The monoisotopic (exact) mass is 263 g/mol. The molecule has 2 rings (SSSR count). The van der Waals surface area contributed by atoms with Crippen LogP contribution in [-0.4, -0.2) is 41.9 Å². The van der Waals surface area contributed by atoms with Crippen molar-refractivity contribution < 1.29 is 5.11 Å². The molecule has 0 radical (unpaired) electrons. The molecule has 4 heteroatoms. The molecular formula is C15H25N3O. The highest BCUT2D eigenvalue weighted by atomic mass is 16.3. The normalized spacial score (nSPS) is 18.5. The molecule has 1 aliphatic heterocycles. The molecule has 4 nitrogen and oxygen atoms in total. The molecule has 0 amide bonds. The van der Waals surface area contributed by atoms with Gasteiger partial charge in [0, 0.05) is 37.2 Å². The third-order valence-electron chi connectivity index (χ3n) is 3.90. The predicted octanol–water partition coefficient (Wildman–Crippen LogP) is 1.80. The minimum Gasteiger partial charge on any atom is -0.393 e. The maximum absolute atomic E-state index is 9.52. The number of aliphatic hydroxyl groups excluding tert-OH is 1. The Balaban J connectivity index is 1.68. The van der Waals surface area contributed by atoms with Gasteiger partial charge < -0.3 is 15.3 Å². The van der Waals surface area contributed by atoms with Gasteiger partial charge in [0.15, 0.2) is 0 Å². The topological polar surface area (TPSA) is 48.4 Å². The van der Waals surface area contributed by atoms with E-state index in [2.05, 4.69) is 27.3 Å². The highest BCUT2D eigenvalue weighted by molar-refractivity contribution is 5.44. The molecule has 1 aliphatic rings. The third kappa shape index (κ3) is 4.48. The smallest absolute Gasteiger partial charge is 0.0549 e. The van der Waals surface area contributed by atoms with Crippen LogP contribution in [0.2, 0.25) is 0 Å². The summed E-state index contributed by atoms with van der Waals surface area (Å²) in [5.74, 6) is 0. The Bertz CT molecular complexity index is 350. The molecule has 106 valence electrons. The summed E-state index contributed by atoms with van der Waals surface area (Å²) in [6.07, 6.45) is 7.61. The van der Waals surface area contributed by atoms with E-state index in [-0.39, 0.29) is 6.10 Å². The van der Waals surface area contributed by atoms with Crippen LogP contribution in [0, 0.1) is 0 Å². The lowest BCUT2D eigenvalue weighted by Gasteiger charge is -2.34. The van der Waals surface area contributed by atoms with Crippen molar-refractivity contribution in [2.45, 2.75) is 44.8 Å². The standard InChI is InChI=1S/C15H25N3O/c1-2-15(19)5-10-17-13-6-11-18(12-7-13)14-3-8-16-9-4-14/h3-4,8-9,13,15,17,19H,2,5-7,10-12H2,1H3. The summed E-state index contributed by atoms with van der Waals surface area (Å²) in [5, 5.41) is 13.1. The fourth-order valence-electron chi connectivity index (χ4n) is 2.55. The van der Waals surface area contributed by atoms with E-state index in [1.807, 2.05) is 19.3 Å². The molecule has 1 atom stereocenters. The van der Waals surface area contributed by atoms with Gasteiger partial charge in [0.25, 0.3) is 0 Å². The van der Waals surface area contributed by atoms with Crippen molar-refractivity contribution in [2.24, 2.45) is 0 Å². The minimum atomic E-state index is -0.149. The van der Waals surface area contributed by atoms with Gasteiger partial charge in [-0.05, 0) is 44.4 Å². The molecule has 0 spiro atoms. The van der Waals surface area contributed by atoms with Crippen LogP contribution in [0.4, 0.5) is 5.69 Å². The average molecular weight is 263 g/mol. The molecule has 0 aromatic carbocycles. The fraction of sp³-hybridized carbons (Fsp3) is 0.667. The molecule has 0 aliphatic carbocycles. The number of rotatable bonds is 6. The van der Waals surface area contributed by atoms with Crippen molar-refractivity contribution in [1.82, 2.24) is 10.3 Å². The van der Waals surface area contributed by atoms with Crippen LogP contribution in [0.15, 0.2) is 24.5 Å². The Morgan fingerprint density at radius 3 is 2.68 bits per heavy atom. The molecule has 1 aromatic rings. The van der Waals surface area contributed by atoms with E-state index in [1.54, 1.807) is 0 Å². The number of hydrogen-bond acceptors (Lipinski definition) is 4. The lowest BCUT2D eigenvalue weighted by atomic mass is 10.0. The molecule has 19 heavy (non-hydrogen) atoms. The summed E-state index contributed by atoms with van der Waals surface area (Å²) in [6, 6.07) is 4.75. The van der Waals surface area contributed by atoms with Gasteiger partial charge >= 0.3 is 0 Å². The van der Waals surface area contributed by atoms with Crippen LogP contribution in [0.3, 0.4) is 0 Å². The Kier molecular flexibility index (Phi) is 5.61. The number of nitrogens with one attached hydrogen (secondary N) is 1. The van der Waals surface area contributed by atoms with Gasteiger partial charge in [-0.15, -0.1) is 0 Å². The summed E-state index contributed by atoms with van der Waals surface area (Å²) >= 11 is 0. The number of hydrogen-bond donors (Lipinski definition) is 2. The second kappa shape index (κ2) is 7.46. The number of piperidine rings is 1. The predicted molar refractivity (Wildman–Crippen MR) is 78.4 cm³/mol. The molecular weight excluding hydrogens is 238 g/mol. The molecule has 2 N–H and O–H groups in total. The average Bonchev–Trinajstić information content (AvgIpc) is 2.48. The number of aliphatic hydroxyl groups is 1. The maximum atomic E-state index is 9.52. The summed E-state index contributed by atoms with van der Waals surface area (Å²) < 4.78 is 0. The van der Waals surface area contributed by atoms with Crippen molar-refractivity contribution in [3.05, 3.63) is 24.5 Å². The van der Waals surface area contributed by atoms with Crippen molar-refractivity contribution >= 4 is 5.69 Å². The van der Waals surface area contributed by atoms with Gasteiger partial charge in [0.1, 0.15) is 0 Å². The van der Waals surface area contributed by atoms with Crippen LogP contribution >= 0.6 is 0 Å². The number of aromatic nitrogens is 1. The van der Waals surface area contributed by atoms with Gasteiger partial charge in [-0.1, -0.05) is 6.92 Å². The third-order valence-corrected chi connectivity index (χ3v) is 3.90. The molecule has 1 saturated heterocycles. The molecule has 1 fully saturated rings. The Morgan fingerprint density at radius 2 is 2.05 bits per heavy atom. The Labute approximate surface area is 115 Å². The van der Waals surface area contributed by atoms with Crippen LogP contribution in [-0.2, 0) is 0 Å². The Morgan fingerprint density at radius 1 is 1.37 bits per heavy atom. The molecule has 2 heterocycles. The lowest BCUT2D eigenvalue weighted by Crippen LogP contribution is -2.43. The van der Waals surface area contributed by atoms with E-state index in [4.69, 9.17) is 0 Å². The number of pyridine rings is 1. The molecule has 1 unspecified atom stereocenters. The second-order valence-electron chi connectivity index (χ2n) is 5.27. The fourth-order valence-corrected chi connectivity index (χ4v) is 2.55. The van der Waals surface area contributed by atoms with Crippen LogP contribution in [0.5, 0.6) is 0 Å². The first-order valence-corrected chi connectivity index (χ1v) is 7.36. The van der Waals surface area contributed by atoms with E-state index >= 15 is 0 Å². The first kappa shape index (κ1) is 14.3. The van der Waals surface area contributed by atoms with Crippen molar-refractivity contribution in [3.63, 3.8) is 0 Å². The van der Waals surface area contributed by atoms with Gasteiger partial charge in [-0.25, -0.2) is 0 Å². The zero-order valence-electron chi connectivity index (χ0n) is 11.8. The minimum absolute atomic E-state index is 0.149. The number of nitrogens with zero attached hydrogens (tertiary/aromatic N) is 2. The van der Waals surface area contributed by atoms with Crippen molar-refractivity contribution in [2.75, 3.05) is 24.5 Å². The largest absolute Gasteiger partial charge is 0.393 e. The number of anilines is 1. The van der Waals surface area contributed by atoms with E-state index < -0.39 is 0 Å². The zero-order chi connectivity index (χ0) is 13.5. The first-order valence-electron chi connectivity index (χ1n) is 7.36. The first-order chi connectivity index (χ1) is 9.29. The molecule has 0 saturated carbocycles. The highest BCUT2D eigenvalue weighted by Crippen LogP contribution is 2.18. The van der Waals surface area contributed by atoms with E-state index in [0.717, 1.165) is 32.5 Å².